The fraction of sp³-hybridized carbons (Fsp3) is 0.222. The van der Waals surface area contributed by atoms with Crippen LogP contribution in [0.15, 0.2) is 48.5 Å². The Bertz CT molecular complexity index is 821. The first-order valence-electron chi connectivity index (χ1n) is 7.40. The number of hydrogen-bond donors (Lipinski definition) is 1. The summed E-state index contributed by atoms with van der Waals surface area (Å²) in [6, 6.07) is 16.1. The second-order valence-electron chi connectivity index (χ2n) is 5.39. The minimum Gasteiger partial charge on any atom is -0.481 e. The maximum atomic E-state index is 10.8. The van der Waals surface area contributed by atoms with Crippen molar-refractivity contribution in [3.05, 3.63) is 54.1 Å². The van der Waals surface area contributed by atoms with Gasteiger partial charge in [0.15, 0.2) is 0 Å². The van der Waals surface area contributed by atoms with Gasteiger partial charge in [-0.15, -0.1) is 0 Å². The molecule has 0 radical (unpaired) electrons. The van der Waals surface area contributed by atoms with Crippen molar-refractivity contribution in [1.82, 2.24) is 9.55 Å². The zero-order chi connectivity index (χ0) is 15.5. The standard InChI is InChI=1S/C18H18N2O2/c1-13-7-2-3-8-14(13)18-19-15-9-4-5-10-16(15)20(18)12-6-11-17(21)22/h2-5,7-10H,6,11-12H2,1H3,(H,21,22). The molecule has 0 atom stereocenters. The number of rotatable bonds is 5. The molecule has 0 saturated heterocycles. The number of carboxylic acids is 1. The number of nitrogens with zero attached hydrogens (tertiary/aromatic N) is 2. The quantitative estimate of drug-likeness (QED) is 0.777. The average molecular weight is 294 g/mol. The molecule has 0 fully saturated rings. The smallest absolute Gasteiger partial charge is 0.303 e. The van der Waals surface area contributed by atoms with Crippen LogP contribution in [0, 0.1) is 6.92 Å². The van der Waals surface area contributed by atoms with Crippen molar-refractivity contribution < 1.29 is 9.90 Å². The van der Waals surface area contributed by atoms with Crippen molar-refractivity contribution in [2.45, 2.75) is 26.3 Å². The molecule has 22 heavy (non-hydrogen) atoms. The summed E-state index contributed by atoms with van der Waals surface area (Å²) in [5.41, 5.74) is 4.24. The Morgan fingerprint density at radius 3 is 2.64 bits per heavy atom. The topological polar surface area (TPSA) is 55.1 Å². The van der Waals surface area contributed by atoms with Crippen molar-refractivity contribution in [3.63, 3.8) is 0 Å². The molecule has 0 aliphatic carbocycles. The van der Waals surface area contributed by atoms with E-state index in [-0.39, 0.29) is 6.42 Å². The lowest BCUT2D eigenvalue weighted by Gasteiger charge is -2.10. The van der Waals surface area contributed by atoms with Gasteiger partial charge in [0.05, 0.1) is 11.0 Å². The van der Waals surface area contributed by atoms with E-state index >= 15 is 0 Å². The minimum absolute atomic E-state index is 0.166. The maximum absolute atomic E-state index is 10.8. The third-order valence-corrected chi connectivity index (χ3v) is 3.81. The van der Waals surface area contributed by atoms with Crippen LogP contribution in [0.2, 0.25) is 0 Å². The highest BCUT2D eigenvalue weighted by molar-refractivity contribution is 5.81. The van der Waals surface area contributed by atoms with Crippen LogP contribution in [0.25, 0.3) is 22.4 Å². The first-order valence-corrected chi connectivity index (χ1v) is 7.40. The Hall–Kier alpha value is -2.62. The lowest BCUT2D eigenvalue weighted by atomic mass is 10.1. The molecule has 4 heteroatoms. The summed E-state index contributed by atoms with van der Waals surface area (Å²) < 4.78 is 2.13. The molecule has 2 aromatic carbocycles. The number of aryl methyl sites for hydroxylation is 2. The number of fused-ring (bicyclic) bond motifs is 1. The van der Waals surface area contributed by atoms with E-state index in [1.54, 1.807) is 0 Å². The second-order valence-corrected chi connectivity index (χ2v) is 5.39. The van der Waals surface area contributed by atoms with E-state index in [9.17, 15) is 4.79 Å². The monoisotopic (exact) mass is 294 g/mol. The lowest BCUT2D eigenvalue weighted by Crippen LogP contribution is -2.04. The molecule has 4 nitrogen and oxygen atoms in total. The molecule has 3 rings (SSSR count). The highest BCUT2D eigenvalue weighted by atomic mass is 16.4. The van der Waals surface area contributed by atoms with Crippen molar-refractivity contribution in [3.8, 4) is 11.4 Å². The minimum atomic E-state index is -0.762. The number of aromatic nitrogens is 2. The van der Waals surface area contributed by atoms with Crippen LogP contribution in [0.5, 0.6) is 0 Å². The SMILES string of the molecule is Cc1ccccc1-c1nc2ccccc2n1CCCC(=O)O. The van der Waals surface area contributed by atoms with Crippen molar-refractivity contribution in [2.24, 2.45) is 0 Å². The first-order chi connectivity index (χ1) is 10.7. The van der Waals surface area contributed by atoms with Crippen molar-refractivity contribution in [2.75, 3.05) is 0 Å². The summed E-state index contributed by atoms with van der Waals surface area (Å²) in [7, 11) is 0. The third kappa shape index (κ3) is 2.72. The average Bonchev–Trinajstić information content (AvgIpc) is 2.86. The van der Waals surface area contributed by atoms with Gasteiger partial charge in [0.2, 0.25) is 0 Å². The predicted molar refractivity (Wildman–Crippen MR) is 86.8 cm³/mol. The van der Waals surface area contributed by atoms with Gasteiger partial charge in [-0.1, -0.05) is 36.4 Å². The number of benzene rings is 2. The Balaban J connectivity index is 2.08. The van der Waals surface area contributed by atoms with Gasteiger partial charge in [0.25, 0.3) is 0 Å². The number of hydrogen-bond acceptors (Lipinski definition) is 2. The fourth-order valence-corrected chi connectivity index (χ4v) is 2.72. The van der Waals surface area contributed by atoms with E-state index in [0.29, 0.717) is 13.0 Å². The van der Waals surface area contributed by atoms with E-state index in [0.717, 1.165) is 28.0 Å². The van der Waals surface area contributed by atoms with Crippen LogP contribution < -0.4 is 0 Å². The molecule has 3 aromatic rings. The molecular weight excluding hydrogens is 276 g/mol. The molecule has 1 N–H and O–H groups in total. The fourth-order valence-electron chi connectivity index (χ4n) is 2.72. The summed E-state index contributed by atoms with van der Waals surface area (Å²) in [5.74, 6) is 0.145. The van der Waals surface area contributed by atoms with Crippen molar-refractivity contribution >= 4 is 17.0 Å². The van der Waals surface area contributed by atoms with E-state index in [1.165, 1.54) is 0 Å². The van der Waals surface area contributed by atoms with Crippen LogP contribution in [0.4, 0.5) is 0 Å². The predicted octanol–water partition coefficient (Wildman–Crippen LogP) is 3.88. The Morgan fingerprint density at radius 2 is 1.86 bits per heavy atom. The van der Waals surface area contributed by atoms with Gasteiger partial charge in [-0.3, -0.25) is 4.79 Å². The molecule has 1 aromatic heterocycles. The highest BCUT2D eigenvalue weighted by Crippen LogP contribution is 2.27. The van der Waals surface area contributed by atoms with Gasteiger partial charge in [0.1, 0.15) is 5.82 Å². The summed E-state index contributed by atoms with van der Waals surface area (Å²) >= 11 is 0. The molecule has 0 unspecified atom stereocenters. The van der Waals surface area contributed by atoms with Crippen LogP contribution in [-0.2, 0) is 11.3 Å². The molecule has 1 heterocycles. The maximum Gasteiger partial charge on any atom is 0.303 e. The highest BCUT2D eigenvalue weighted by Gasteiger charge is 2.13. The molecular formula is C18H18N2O2. The second kappa shape index (κ2) is 6.02. The van der Waals surface area contributed by atoms with E-state index in [4.69, 9.17) is 10.1 Å². The van der Waals surface area contributed by atoms with Gasteiger partial charge in [-0.05, 0) is 31.0 Å². The number of imidazole rings is 1. The molecule has 0 bridgehead atoms. The Morgan fingerprint density at radius 1 is 1.14 bits per heavy atom. The van der Waals surface area contributed by atoms with Gasteiger partial charge in [0, 0.05) is 18.5 Å². The summed E-state index contributed by atoms with van der Waals surface area (Å²) in [6.45, 7) is 2.72. The van der Waals surface area contributed by atoms with Crippen molar-refractivity contribution in [1.29, 1.82) is 0 Å². The van der Waals surface area contributed by atoms with Gasteiger partial charge in [-0.25, -0.2) is 4.98 Å². The number of para-hydroxylation sites is 2. The summed E-state index contributed by atoms with van der Waals surface area (Å²) in [5, 5.41) is 8.86. The van der Waals surface area contributed by atoms with E-state index < -0.39 is 5.97 Å². The van der Waals surface area contributed by atoms with Gasteiger partial charge < -0.3 is 9.67 Å². The summed E-state index contributed by atoms with van der Waals surface area (Å²) in [4.78, 5) is 15.5. The van der Waals surface area contributed by atoms with Crippen LogP contribution in [-0.4, -0.2) is 20.6 Å². The van der Waals surface area contributed by atoms with E-state index in [2.05, 4.69) is 23.6 Å². The Labute approximate surface area is 129 Å². The molecule has 0 aliphatic heterocycles. The normalized spacial score (nSPS) is 11.0. The number of carbonyl (C=O) groups is 1. The van der Waals surface area contributed by atoms with Crippen LogP contribution in [0.1, 0.15) is 18.4 Å². The van der Waals surface area contributed by atoms with Crippen LogP contribution >= 0.6 is 0 Å². The molecule has 0 saturated carbocycles. The zero-order valence-electron chi connectivity index (χ0n) is 12.5. The zero-order valence-corrected chi connectivity index (χ0v) is 12.5. The lowest BCUT2D eigenvalue weighted by molar-refractivity contribution is -0.137. The van der Waals surface area contributed by atoms with Gasteiger partial charge >= 0.3 is 5.97 Å². The van der Waals surface area contributed by atoms with Crippen LogP contribution in [0.3, 0.4) is 0 Å². The summed E-state index contributed by atoms with van der Waals surface area (Å²) in [6.07, 6.45) is 0.758. The largest absolute Gasteiger partial charge is 0.481 e. The Kier molecular flexibility index (Phi) is 3.92. The van der Waals surface area contributed by atoms with Gasteiger partial charge in [-0.2, -0.15) is 0 Å². The molecule has 0 aliphatic rings. The molecule has 0 spiro atoms. The number of aliphatic carboxylic acids is 1. The molecule has 112 valence electrons. The third-order valence-electron chi connectivity index (χ3n) is 3.81. The first kappa shape index (κ1) is 14.3. The van der Waals surface area contributed by atoms with E-state index in [1.807, 2.05) is 36.4 Å². The molecule has 0 amide bonds. The number of carboxylic acid groups (broad SMARTS) is 1.